The maximum Gasteiger partial charge on any atom is 0.377 e. The Morgan fingerprint density at radius 1 is 1.05 bits per heavy atom. The molecule has 0 spiro atoms. The van der Waals surface area contributed by atoms with E-state index in [1.807, 2.05) is 0 Å². The number of esters is 2. The summed E-state index contributed by atoms with van der Waals surface area (Å²) in [6.07, 6.45) is 7.19. The topological polar surface area (TPSA) is 52.6 Å². The molecule has 0 aliphatic heterocycles. The first-order valence-corrected chi connectivity index (χ1v) is 7.96. The number of carbonyl (C=O) groups is 2. The lowest BCUT2D eigenvalue weighted by atomic mass is 9.50. The van der Waals surface area contributed by atoms with E-state index < -0.39 is 24.5 Å². The summed E-state index contributed by atoms with van der Waals surface area (Å²) in [5, 5.41) is 0. The standard InChI is InChI=1S/C16H22F2O4/c1-15(17,18)14(20)21-8-13(19)22-9-16-5-10-2-11(6-16)4-12(3-10)7-16/h10-12H,2-9H2,1H3. The highest BCUT2D eigenvalue weighted by Gasteiger charge is 2.51. The van der Waals surface area contributed by atoms with Gasteiger partial charge < -0.3 is 9.47 Å². The van der Waals surface area contributed by atoms with E-state index >= 15 is 0 Å². The Labute approximate surface area is 128 Å². The number of rotatable bonds is 5. The van der Waals surface area contributed by atoms with E-state index in [0.29, 0.717) is 13.5 Å². The van der Waals surface area contributed by atoms with Crippen molar-refractivity contribution >= 4 is 11.9 Å². The molecule has 4 saturated carbocycles. The normalized spacial score (nSPS) is 36.2. The Morgan fingerprint density at radius 3 is 2.00 bits per heavy atom. The van der Waals surface area contributed by atoms with Gasteiger partial charge in [-0.15, -0.1) is 0 Å². The van der Waals surface area contributed by atoms with Crippen LogP contribution in [0.3, 0.4) is 0 Å². The fourth-order valence-corrected chi connectivity index (χ4v) is 4.99. The van der Waals surface area contributed by atoms with E-state index in [1.54, 1.807) is 0 Å². The van der Waals surface area contributed by atoms with Crippen molar-refractivity contribution in [2.24, 2.45) is 23.2 Å². The molecule has 4 rings (SSSR count). The third kappa shape index (κ3) is 3.25. The average Bonchev–Trinajstić information content (AvgIpc) is 2.40. The SMILES string of the molecule is CC(F)(F)C(=O)OCC(=O)OCC12CC3CC(CC(C3)C1)C2. The van der Waals surface area contributed by atoms with Gasteiger partial charge in [-0.2, -0.15) is 8.78 Å². The molecule has 0 heterocycles. The molecule has 124 valence electrons. The molecule has 0 amide bonds. The summed E-state index contributed by atoms with van der Waals surface area (Å²) < 4.78 is 34.8. The van der Waals surface area contributed by atoms with Crippen molar-refractivity contribution in [3.8, 4) is 0 Å². The van der Waals surface area contributed by atoms with E-state index in [0.717, 1.165) is 37.0 Å². The Kier molecular flexibility index (Phi) is 3.89. The maximum atomic E-state index is 12.6. The lowest BCUT2D eigenvalue weighted by Crippen LogP contribution is -2.48. The third-order valence-electron chi connectivity index (χ3n) is 5.38. The van der Waals surface area contributed by atoms with Gasteiger partial charge in [-0.25, -0.2) is 9.59 Å². The van der Waals surface area contributed by atoms with Crippen molar-refractivity contribution in [1.82, 2.24) is 0 Å². The highest BCUT2D eigenvalue weighted by molar-refractivity contribution is 5.80. The summed E-state index contributed by atoms with van der Waals surface area (Å²) >= 11 is 0. The first-order chi connectivity index (χ1) is 10.3. The van der Waals surface area contributed by atoms with Crippen molar-refractivity contribution in [2.45, 2.75) is 51.4 Å². The predicted octanol–water partition coefficient (Wildman–Crippen LogP) is 2.94. The van der Waals surface area contributed by atoms with Crippen molar-refractivity contribution in [2.75, 3.05) is 13.2 Å². The largest absolute Gasteiger partial charge is 0.463 e. The van der Waals surface area contributed by atoms with Crippen LogP contribution in [0, 0.1) is 23.2 Å². The monoisotopic (exact) mass is 316 g/mol. The quantitative estimate of drug-likeness (QED) is 0.732. The molecular formula is C16H22F2O4. The van der Waals surface area contributed by atoms with Gasteiger partial charge in [0.15, 0.2) is 6.61 Å². The second kappa shape index (κ2) is 5.46. The summed E-state index contributed by atoms with van der Waals surface area (Å²) in [6.45, 7) is 0.0279. The smallest absolute Gasteiger partial charge is 0.377 e. The molecular weight excluding hydrogens is 294 g/mol. The molecule has 0 radical (unpaired) electrons. The van der Waals surface area contributed by atoms with Gasteiger partial charge in [0, 0.05) is 12.3 Å². The van der Waals surface area contributed by atoms with Crippen molar-refractivity contribution in [3.63, 3.8) is 0 Å². The number of halogens is 2. The third-order valence-corrected chi connectivity index (χ3v) is 5.38. The van der Waals surface area contributed by atoms with Crippen molar-refractivity contribution < 1.29 is 27.8 Å². The number of alkyl halides is 2. The zero-order chi connectivity index (χ0) is 16.0. The molecule has 4 fully saturated rings. The molecule has 22 heavy (non-hydrogen) atoms. The van der Waals surface area contributed by atoms with E-state index in [2.05, 4.69) is 4.74 Å². The first kappa shape index (κ1) is 15.7. The fourth-order valence-electron chi connectivity index (χ4n) is 4.99. The summed E-state index contributed by atoms with van der Waals surface area (Å²) in [5.74, 6) is -3.77. The minimum absolute atomic E-state index is 0.0725. The maximum absolute atomic E-state index is 12.6. The summed E-state index contributed by atoms with van der Waals surface area (Å²) in [5.41, 5.74) is 0.0725. The van der Waals surface area contributed by atoms with E-state index in [4.69, 9.17) is 4.74 Å². The van der Waals surface area contributed by atoms with Gasteiger partial charge in [-0.3, -0.25) is 0 Å². The van der Waals surface area contributed by atoms with Crippen LogP contribution >= 0.6 is 0 Å². The average molecular weight is 316 g/mol. The highest BCUT2D eigenvalue weighted by atomic mass is 19.3. The fraction of sp³-hybridized carbons (Fsp3) is 0.875. The van der Waals surface area contributed by atoms with Crippen LogP contribution in [0.4, 0.5) is 8.78 Å². The first-order valence-electron chi connectivity index (χ1n) is 7.96. The van der Waals surface area contributed by atoms with Gasteiger partial charge in [0.25, 0.3) is 0 Å². The Hall–Kier alpha value is -1.20. The second-order valence-corrected chi connectivity index (χ2v) is 7.54. The molecule has 0 aromatic heterocycles. The Morgan fingerprint density at radius 2 is 1.55 bits per heavy atom. The Balaban J connectivity index is 1.46. The van der Waals surface area contributed by atoms with Gasteiger partial charge in [0.1, 0.15) is 0 Å². The second-order valence-electron chi connectivity index (χ2n) is 7.54. The summed E-state index contributed by atoms with van der Waals surface area (Å²) in [6, 6.07) is 0. The van der Waals surface area contributed by atoms with Crippen LogP contribution in [0.5, 0.6) is 0 Å². The number of ether oxygens (including phenoxy) is 2. The molecule has 4 aliphatic rings. The van der Waals surface area contributed by atoms with Crippen LogP contribution < -0.4 is 0 Å². The minimum Gasteiger partial charge on any atom is -0.463 e. The zero-order valence-corrected chi connectivity index (χ0v) is 12.8. The van der Waals surface area contributed by atoms with E-state index in [9.17, 15) is 18.4 Å². The molecule has 0 saturated heterocycles. The van der Waals surface area contributed by atoms with Crippen molar-refractivity contribution in [1.29, 1.82) is 0 Å². The van der Waals surface area contributed by atoms with Crippen molar-refractivity contribution in [3.05, 3.63) is 0 Å². The molecule has 4 nitrogen and oxygen atoms in total. The van der Waals surface area contributed by atoms with Crippen LogP contribution in [-0.4, -0.2) is 31.1 Å². The minimum atomic E-state index is -3.58. The van der Waals surface area contributed by atoms with Gasteiger partial charge in [-0.05, 0) is 56.3 Å². The molecule has 0 unspecified atom stereocenters. The Bertz CT molecular complexity index is 434. The van der Waals surface area contributed by atoms with Crippen LogP contribution in [0.2, 0.25) is 0 Å². The summed E-state index contributed by atoms with van der Waals surface area (Å²) in [4.78, 5) is 22.5. The molecule has 0 aromatic carbocycles. The van der Waals surface area contributed by atoms with Crippen LogP contribution in [0.25, 0.3) is 0 Å². The van der Waals surface area contributed by atoms with E-state index in [1.165, 1.54) is 19.3 Å². The zero-order valence-electron chi connectivity index (χ0n) is 12.8. The summed E-state index contributed by atoms with van der Waals surface area (Å²) in [7, 11) is 0. The van der Waals surface area contributed by atoms with Gasteiger partial charge in [-0.1, -0.05) is 0 Å². The van der Waals surface area contributed by atoms with Gasteiger partial charge >= 0.3 is 17.9 Å². The molecule has 6 heteroatoms. The van der Waals surface area contributed by atoms with Gasteiger partial charge in [0.05, 0.1) is 6.61 Å². The molecule has 0 N–H and O–H groups in total. The van der Waals surface area contributed by atoms with Gasteiger partial charge in [0.2, 0.25) is 0 Å². The molecule has 4 bridgehead atoms. The lowest BCUT2D eigenvalue weighted by molar-refractivity contribution is -0.178. The van der Waals surface area contributed by atoms with E-state index in [-0.39, 0.29) is 5.41 Å². The molecule has 4 aliphatic carbocycles. The molecule has 0 atom stereocenters. The lowest BCUT2D eigenvalue weighted by Gasteiger charge is -2.56. The van der Waals surface area contributed by atoms with Crippen LogP contribution in [0.15, 0.2) is 0 Å². The number of carbonyl (C=O) groups excluding carboxylic acids is 2. The van der Waals surface area contributed by atoms with Crippen LogP contribution in [0.1, 0.15) is 45.4 Å². The highest BCUT2D eigenvalue weighted by Crippen LogP contribution is 2.60. The van der Waals surface area contributed by atoms with Crippen LogP contribution in [-0.2, 0) is 19.1 Å². The molecule has 0 aromatic rings. The predicted molar refractivity (Wildman–Crippen MR) is 73.1 cm³/mol. The number of hydrogen-bond acceptors (Lipinski definition) is 4. The number of hydrogen-bond donors (Lipinski definition) is 0.